The van der Waals surface area contributed by atoms with Crippen molar-refractivity contribution in [1.82, 2.24) is 0 Å². The van der Waals surface area contributed by atoms with Crippen molar-refractivity contribution in [1.29, 1.82) is 0 Å². The summed E-state index contributed by atoms with van der Waals surface area (Å²) in [5.41, 5.74) is 0. The molecule has 0 aromatic rings. The van der Waals surface area contributed by atoms with E-state index in [-0.39, 0.29) is 37.5 Å². The number of hydrogen-bond donors (Lipinski definition) is 0. The Bertz CT molecular complexity index is 1410. The van der Waals surface area contributed by atoms with Crippen LogP contribution in [-0.4, -0.2) is 37.2 Å². The third kappa shape index (κ3) is 53.0. The molecule has 0 rings (SSSR count). The van der Waals surface area contributed by atoms with Crippen LogP contribution in [0.4, 0.5) is 0 Å². The first-order valence-corrected chi connectivity index (χ1v) is 27.9. The van der Waals surface area contributed by atoms with Gasteiger partial charge in [0.2, 0.25) is 0 Å². The number of allylic oxidation sites excluding steroid dienone is 18. The van der Waals surface area contributed by atoms with Crippen molar-refractivity contribution < 1.29 is 28.6 Å². The molecule has 0 saturated carbocycles. The standard InChI is InChI=1S/C62H102O6/c1-4-7-10-13-16-19-22-25-28-30-31-33-34-37-40-43-46-49-52-55-61(64)67-58-59(57-66-60(63)54-51-48-45-42-39-36-27-24-21-18-15-12-9-6-3)68-62(65)56-53-50-47-44-41-38-35-32-29-26-23-20-17-14-11-8-5-2/h7-8,10-11,16-17,19-20,25-26,28-29,31,33,37,40,46,49,59H,4-6,9,12-15,18,21-24,27,30,32,34-36,38-39,41-45,47-48,50-58H2,1-3H3/b10-7-,11-8-,19-16-,20-17-,28-25-,29-26-,33-31-,40-37-,49-46-. The molecule has 1 unspecified atom stereocenters. The lowest BCUT2D eigenvalue weighted by molar-refractivity contribution is -0.166. The molecule has 0 bridgehead atoms. The fourth-order valence-corrected chi connectivity index (χ4v) is 7.42. The van der Waals surface area contributed by atoms with Gasteiger partial charge in [-0.1, -0.05) is 246 Å². The third-order valence-electron chi connectivity index (χ3n) is 11.5. The molecule has 0 amide bonds. The van der Waals surface area contributed by atoms with E-state index < -0.39 is 6.10 Å². The van der Waals surface area contributed by atoms with Crippen LogP contribution in [0.1, 0.15) is 245 Å². The Morgan fingerprint density at radius 3 is 0.985 bits per heavy atom. The van der Waals surface area contributed by atoms with Gasteiger partial charge in [0.05, 0.1) is 0 Å². The SMILES string of the molecule is CC/C=C\C/C=C\C/C=C\C/C=C\C/C=C\C/C=C\CCC(=O)OCC(COC(=O)CCCCCCCCCCCCCCCC)OC(=O)CCCCCCCCC/C=C\C/C=C\C/C=C\CC. The Labute approximate surface area is 419 Å². The van der Waals surface area contributed by atoms with Crippen LogP contribution in [0.2, 0.25) is 0 Å². The highest BCUT2D eigenvalue weighted by molar-refractivity contribution is 5.71. The highest BCUT2D eigenvalue weighted by atomic mass is 16.6. The smallest absolute Gasteiger partial charge is 0.306 e. The van der Waals surface area contributed by atoms with Crippen molar-refractivity contribution in [3.63, 3.8) is 0 Å². The second kappa shape index (κ2) is 55.7. The van der Waals surface area contributed by atoms with Crippen LogP contribution in [0.3, 0.4) is 0 Å². The van der Waals surface area contributed by atoms with Gasteiger partial charge in [0, 0.05) is 19.3 Å². The number of esters is 3. The van der Waals surface area contributed by atoms with Crippen molar-refractivity contribution in [2.24, 2.45) is 0 Å². The zero-order chi connectivity index (χ0) is 49.3. The van der Waals surface area contributed by atoms with Gasteiger partial charge in [-0.3, -0.25) is 14.4 Å². The second-order valence-corrected chi connectivity index (χ2v) is 18.1. The van der Waals surface area contributed by atoms with Crippen molar-refractivity contribution in [2.75, 3.05) is 13.2 Å². The van der Waals surface area contributed by atoms with Crippen molar-refractivity contribution >= 4 is 17.9 Å². The van der Waals surface area contributed by atoms with Crippen LogP contribution in [0.15, 0.2) is 109 Å². The maximum absolute atomic E-state index is 12.8. The molecule has 0 heterocycles. The van der Waals surface area contributed by atoms with Gasteiger partial charge in [-0.15, -0.1) is 0 Å². The monoisotopic (exact) mass is 943 g/mol. The summed E-state index contributed by atoms with van der Waals surface area (Å²) in [6.45, 7) is 6.35. The number of unbranched alkanes of at least 4 members (excludes halogenated alkanes) is 20. The molecule has 6 nitrogen and oxygen atoms in total. The fraction of sp³-hybridized carbons (Fsp3) is 0.661. The van der Waals surface area contributed by atoms with Crippen LogP contribution in [0.25, 0.3) is 0 Å². The van der Waals surface area contributed by atoms with Gasteiger partial charge in [0.1, 0.15) is 13.2 Å². The first-order valence-electron chi connectivity index (χ1n) is 27.9. The molecule has 0 aromatic carbocycles. The Hall–Kier alpha value is -3.93. The summed E-state index contributed by atoms with van der Waals surface area (Å²) in [5.74, 6) is -1.00. The molecule has 1 atom stereocenters. The average molecular weight is 943 g/mol. The van der Waals surface area contributed by atoms with E-state index in [0.29, 0.717) is 19.3 Å². The van der Waals surface area contributed by atoms with E-state index in [9.17, 15) is 14.4 Å². The lowest BCUT2D eigenvalue weighted by atomic mass is 10.0. The average Bonchev–Trinajstić information content (AvgIpc) is 3.34. The Morgan fingerprint density at radius 2 is 0.603 bits per heavy atom. The molecule has 0 fully saturated rings. The number of carbonyl (C=O) groups excluding carboxylic acids is 3. The first kappa shape index (κ1) is 64.1. The Balaban J connectivity index is 4.52. The van der Waals surface area contributed by atoms with Crippen molar-refractivity contribution in [3.8, 4) is 0 Å². The molecular weight excluding hydrogens is 841 g/mol. The molecule has 0 aromatic heterocycles. The zero-order valence-corrected chi connectivity index (χ0v) is 44.1. The molecule has 6 heteroatoms. The summed E-state index contributed by atoms with van der Waals surface area (Å²) in [4.78, 5) is 38.1. The predicted molar refractivity (Wildman–Crippen MR) is 293 cm³/mol. The van der Waals surface area contributed by atoms with Crippen LogP contribution in [0, 0.1) is 0 Å². The molecule has 0 radical (unpaired) electrons. The fourth-order valence-electron chi connectivity index (χ4n) is 7.42. The van der Waals surface area contributed by atoms with Gasteiger partial charge in [-0.25, -0.2) is 0 Å². The molecular formula is C62H102O6. The summed E-state index contributed by atoms with van der Waals surface area (Å²) in [5, 5.41) is 0. The van der Waals surface area contributed by atoms with E-state index in [1.165, 1.54) is 96.3 Å². The first-order chi connectivity index (χ1) is 33.5. The van der Waals surface area contributed by atoms with Crippen molar-refractivity contribution in [2.45, 2.75) is 252 Å². The molecule has 0 aliphatic heterocycles. The minimum atomic E-state index is -0.814. The van der Waals surface area contributed by atoms with E-state index in [2.05, 4.69) is 124 Å². The van der Waals surface area contributed by atoms with Crippen LogP contribution in [-0.2, 0) is 28.6 Å². The van der Waals surface area contributed by atoms with Gasteiger partial charge >= 0.3 is 17.9 Å². The lowest BCUT2D eigenvalue weighted by Gasteiger charge is -2.18. The summed E-state index contributed by atoms with van der Waals surface area (Å²) in [6.07, 6.45) is 75.1. The van der Waals surface area contributed by atoms with Gasteiger partial charge in [-0.2, -0.15) is 0 Å². The normalized spacial score (nSPS) is 12.9. The zero-order valence-electron chi connectivity index (χ0n) is 44.1. The number of carbonyl (C=O) groups is 3. The van der Waals surface area contributed by atoms with E-state index in [1.807, 2.05) is 6.08 Å². The van der Waals surface area contributed by atoms with Crippen LogP contribution in [0.5, 0.6) is 0 Å². The van der Waals surface area contributed by atoms with E-state index in [0.717, 1.165) is 103 Å². The molecule has 0 saturated heterocycles. The highest BCUT2D eigenvalue weighted by Gasteiger charge is 2.19. The predicted octanol–water partition coefficient (Wildman–Crippen LogP) is 18.7. The third-order valence-corrected chi connectivity index (χ3v) is 11.5. The topological polar surface area (TPSA) is 78.9 Å². The molecule has 0 spiro atoms. The Kier molecular flexibility index (Phi) is 52.4. The van der Waals surface area contributed by atoms with E-state index >= 15 is 0 Å². The molecule has 0 aliphatic carbocycles. The highest BCUT2D eigenvalue weighted by Crippen LogP contribution is 2.15. The van der Waals surface area contributed by atoms with Gasteiger partial charge in [0.15, 0.2) is 6.10 Å². The van der Waals surface area contributed by atoms with Crippen LogP contribution < -0.4 is 0 Å². The molecule has 386 valence electrons. The minimum absolute atomic E-state index is 0.105. The Morgan fingerprint density at radius 1 is 0.309 bits per heavy atom. The maximum atomic E-state index is 12.8. The van der Waals surface area contributed by atoms with Crippen LogP contribution >= 0.6 is 0 Å². The minimum Gasteiger partial charge on any atom is -0.462 e. The number of rotatable bonds is 49. The summed E-state index contributed by atoms with van der Waals surface area (Å²) < 4.78 is 16.8. The van der Waals surface area contributed by atoms with E-state index in [4.69, 9.17) is 14.2 Å². The maximum Gasteiger partial charge on any atom is 0.306 e. The summed E-state index contributed by atoms with van der Waals surface area (Å²) >= 11 is 0. The number of ether oxygens (including phenoxy) is 3. The molecule has 0 aliphatic rings. The van der Waals surface area contributed by atoms with Gasteiger partial charge < -0.3 is 14.2 Å². The van der Waals surface area contributed by atoms with E-state index in [1.54, 1.807) is 0 Å². The molecule has 68 heavy (non-hydrogen) atoms. The summed E-state index contributed by atoms with van der Waals surface area (Å²) in [7, 11) is 0. The van der Waals surface area contributed by atoms with Gasteiger partial charge in [-0.05, 0) is 89.9 Å². The van der Waals surface area contributed by atoms with Crippen molar-refractivity contribution in [3.05, 3.63) is 109 Å². The summed E-state index contributed by atoms with van der Waals surface area (Å²) in [6, 6.07) is 0. The molecule has 0 N–H and O–H groups in total. The second-order valence-electron chi connectivity index (χ2n) is 18.1. The quantitative estimate of drug-likeness (QED) is 0.0262. The largest absolute Gasteiger partial charge is 0.462 e. The van der Waals surface area contributed by atoms with Gasteiger partial charge in [0.25, 0.3) is 0 Å². The lowest BCUT2D eigenvalue weighted by Crippen LogP contribution is -2.30. The number of hydrogen-bond acceptors (Lipinski definition) is 6.